The summed E-state index contributed by atoms with van der Waals surface area (Å²) in [5, 5.41) is 12.3. The summed E-state index contributed by atoms with van der Waals surface area (Å²) in [5.74, 6) is 0.0188. The van der Waals surface area contributed by atoms with Crippen LogP contribution in [-0.4, -0.2) is 27.3 Å². The lowest BCUT2D eigenvalue weighted by atomic mass is 9.90. The van der Waals surface area contributed by atoms with E-state index in [2.05, 4.69) is 22.7 Å². The van der Waals surface area contributed by atoms with Gasteiger partial charge >= 0.3 is 0 Å². The highest BCUT2D eigenvalue weighted by molar-refractivity contribution is 6.30. The molecule has 0 radical (unpaired) electrons. The molecule has 1 aromatic heterocycles. The normalized spacial score (nSPS) is 23.8. The van der Waals surface area contributed by atoms with Crippen molar-refractivity contribution in [1.82, 2.24) is 15.1 Å². The molecule has 6 nitrogen and oxygen atoms in total. The van der Waals surface area contributed by atoms with Crippen LogP contribution in [-0.2, 0) is 0 Å². The molecule has 4 rings (SSSR count). The molecule has 2 saturated carbocycles. The Hall–Kier alpha value is -2.05. The average molecular weight is 388 g/mol. The van der Waals surface area contributed by atoms with E-state index >= 15 is 0 Å². The molecule has 0 saturated heterocycles. The van der Waals surface area contributed by atoms with Crippen LogP contribution in [0.4, 0.5) is 11.5 Å². The number of anilines is 2. The van der Waals surface area contributed by atoms with Crippen molar-refractivity contribution >= 4 is 29.0 Å². The van der Waals surface area contributed by atoms with Gasteiger partial charge in [0.25, 0.3) is 5.91 Å². The molecule has 2 aromatic rings. The second-order valence-corrected chi connectivity index (χ2v) is 8.51. The predicted molar refractivity (Wildman–Crippen MR) is 108 cm³/mol. The number of nitrogens with one attached hydrogen (secondary N) is 2. The lowest BCUT2D eigenvalue weighted by molar-refractivity contribution is 0.100. The number of aromatic nitrogens is 2. The van der Waals surface area contributed by atoms with Crippen LogP contribution in [0.1, 0.15) is 61.8 Å². The van der Waals surface area contributed by atoms with Crippen LogP contribution in [0.2, 0.25) is 5.02 Å². The van der Waals surface area contributed by atoms with Crippen LogP contribution < -0.4 is 16.4 Å². The Labute approximate surface area is 164 Å². The highest BCUT2D eigenvalue weighted by atomic mass is 35.5. The first-order chi connectivity index (χ1) is 12.9. The number of rotatable bonds is 6. The molecule has 4 N–H and O–H groups in total. The third-order valence-electron chi connectivity index (χ3n) is 5.73. The molecule has 1 amide bonds. The van der Waals surface area contributed by atoms with Gasteiger partial charge in [0.2, 0.25) is 0 Å². The Kier molecular flexibility index (Phi) is 4.86. The standard InChI is InChI=1S/C20H26ClN5O/c1-20(10-11-20)24-15-6-8-16(9-7-15)26-12-17(18(22)27)19(25-26)23-14-4-2-13(21)3-5-14/h2-5,12,15-16,24H,6-11H2,1H3,(H2,22,27)(H,23,25). The SMILES string of the molecule is CC1(NC2CCC(n3cc(C(N)=O)c(Nc4ccc(Cl)cc4)n3)CC2)CC1. The molecule has 0 unspecified atom stereocenters. The number of primary amides is 1. The summed E-state index contributed by atoms with van der Waals surface area (Å²) in [7, 11) is 0. The third kappa shape index (κ3) is 4.28. The Balaban J connectivity index is 1.45. The molecule has 0 atom stereocenters. The van der Waals surface area contributed by atoms with Crippen molar-refractivity contribution in [2.24, 2.45) is 5.73 Å². The molecule has 7 heteroatoms. The van der Waals surface area contributed by atoms with E-state index in [0.29, 0.717) is 34.0 Å². The number of hydrogen-bond donors (Lipinski definition) is 3. The Morgan fingerprint density at radius 1 is 1.22 bits per heavy atom. The van der Waals surface area contributed by atoms with Crippen LogP contribution >= 0.6 is 11.6 Å². The van der Waals surface area contributed by atoms with Crippen LogP contribution in [0.15, 0.2) is 30.5 Å². The van der Waals surface area contributed by atoms with Crippen LogP contribution in [0.5, 0.6) is 0 Å². The van der Waals surface area contributed by atoms with Gasteiger partial charge in [0.05, 0.1) is 6.04 Å². The van der Waals surface area contributed by atoms with E-state index in [1.807, 2.05) is 16.8 Å². The molecular weight excluding hydrogens is 362 g/mol. The van der Waals surface area contributed by atoms with Crippen LogP contribution in [0.25, 0.3) is 0 Å². The molecule has 0 bridgehead atoms. The number of benzene rings is 1. The van der Waals surface area contributed by atoms with Crippen molar-refractivity contribution in [3.63, 3.8) is 0 Å². The number of carbonyl (C=O) groups is 1. The number of amides is 1. The van der Waals surface area contributed by atoms with E-state index in [1.165, 1.54) is 12.8 Å². The maximum Gasteiger partial charge on any atom is 0.254 e. The Morgan fingerprint density at radius 2 is 1.89 bits per heavy atom. The van der Waals surface area contributed by atoms with Gasteiger partial charge in [-0.25, -0.2) is 0 Å². The van der Waals surface area contributed by atoms with Gasteiger partial charge in [-0.2, -0.15) is 5.10 Å². The maximum atomic E-state index is 11.9. The fourth-order valence-electron chi connectivity index (χ4n) is 3.83. The third-order valence-corrected chi connectivity index (χ3v) is 5.98. The second kappa shape index (κ2) is 7.17. The van der Waals surface area contributed by atoms with E-state index in [0.717, 1.165) is 31.4 Å². The first-order valence-electron chi connectivity index (χ1n) is 9.61. The summed E-state index contributed by atoms with van der Waals surface area (Å²) in [5.41, 5.74) is 7.17. The highest BCUT2D eigenvalue weighted by Gasteiger charge is 2.39. The lowest BCUT2D eigenvalue weighted by Gasteiger charge is -2.31. The summed E-state index contributed by atoms with van der Waals surface area (Å²) in [6, 6.07) is 8.17. The monoisotopic (exact) mass is 387 g/mol. The van der Waals surface area contributed by atoms with Crippen molar-refractivity contribution in [2.75, 3.05) is 5.32 Å². The maximum absolute atomic E-state index is 11.9. The van der Waals surface area contributed by atoms with Crippen molar-refractivity contribution in [3.05, 3.63) is 41.0 Å². The zero-order chi connectivity index (χ0) is 19.0. The smallest absolute Gasteiger partial charge is 0.254 e. The molecule has 0 aliphatic heterocycles. The average Bonchev–Trinajstić information content (AvgIpc) is 3.21. The van der Waals surface area contributed by atoms with Gasteiger partial charge in [-0.1, -0.05) is 11.6 Å². The fraction of sp³-hybridized carbons (Fsp3) is 0.500. The summed E-state index contributed by atoms with van der Waals surface area (Å²) < 4.78 is 1.91. The number of nitrogens with two attached hydrogens (primary N) is 1. The zero-order valence-corrected chi connectivity index (χ0v) is 16.3. The van der Waals surface area contributed by atoms with E-state index in [9.17, 15) is 4.79 Å². The second-order valence-electron chi connectivity index (χ2n) is 8.08. The van der Waals surface area contributed by atoms with Crippen LogP contribution in [0.3, 0.4) is 0 Å². The first kappa shape index (κ1) is 18.3. The summed E-state index contributed by atoms with van der Waals surface area (Å²) >= 11 is 5.93. The van der Waals surface area contributed by atoms with Gasteiger partial charge in [-0.3, -0.25) is 9.48 Å². The van der Waals surface area contributed by atoms with Crippen molar-refractivity contribution in [1.29, 1.82) is 0 Å². The molecule has 144 valence electrons. The molecule has 1 heterocycles. The predicted octanol–water partition coefficient (Wildman–Crippen LogP) is 4.00. The number of halogens is 1. The van der Waals surface area contributed by atoms with Gasteiger partial charge < -0.3 is 16.4 Å². The van der Waals surface area contributed by atoms with Crippen molar-refractivity contribution in [3.8, 4) is 0 Å². The van der Waals surface area contributed by atoms with Gasteiger partial charge in [-0.15, -0.1) is 0 Å². The number of nitrogens with zero attached hydrogens (tertiary/aromatic N) is 2. The first-order valence-corrected chi connectivity index (χ1v) is 9.99. The molecule has 0 spiro atoms. The minimum absolute atomic E-state index is 0.300. The highest BCUT2D eigenvalue weighted by Crippen LogP contribution is 2.38. The van der Waals surface area contributed by atoms with Gasteiger partial charge in [0.15, 0.2) is 5.82 Å². The minimum Gasteiger partial charge on any atom is -0.365 e. The summed E-state index contributed by atoms with van der Waals surface area (Å²) in [6.07, 6.45) is 8.71. The van der Waals surface area contributed by atoms with Crippen molar-refractivity contribution < 1.29 is 4.79 Å². The van der Waals surface area contributed by atoms with Gasteiger partial charge in [0.1, 0.15) is 5.56 Å². The molecular formula is C20H26ClN5O. The van der Waals surface area contributed by atoms with Gasteiger partial charge in [-0.05, 0) is 69.7 Å². The molecule has 2 aliphatic rings. The quantitative estimate of drug-likeness (QED) is 0.699. The van der Waals surface area contributed by atoms with Crippen LogP contribution in [0, 0.1) is 0 Å². The number of carbonyl (C=O) groups excluding carboxylic acids is 1. The number of hydrogen-bond acceptors (Lipinski definition) is 4. The largest absolute Gasteiger partial charge is 0.365 e. The van der Waals surface area contributed by atoms with E-state index in [4.69, 9.17) is 17.3 Å². The topological polar surface area (TPSA) is 85.0 Å². The summed E-state index contributed by atoms with van der Waals surface area (Å²) in [4.78, 5) is 11.9. The van der Waals surface area contributed by atoms with Crippen molar-refractivity contribution in [2.45, 2.75) is 63.1 Å². The minimum atomic E-state index is -0.477. The molecule has 1 aromatic carbocycles. The summed E-state index contributed by atoms with van der Waals surface area (Å²) in [6.45, 7) is 2.31. The molecule has 27 heavy (non-hydrogen) atoms. The van der Waals surface area contributed by atoms with E-state index in [1.54, 1.807) is 18.3 Å². The van der Waals surface area contributed by atoms with E-state index in [-0.39, 0.29) is 0 Å². The molecule has 2 fully saturated rings. The van der Waals surface area contributed by atoms with E-state index < -0.39 is 5.91 Å². The molecule has 2 aliphatic carbocycles. The zero-order valence-electron chi connectivity index (χ0n) is 15.5. The Morgan fingerprint density at radius 3 is 2.48 bits per heavy atom. The lowest BCUT2D eigenvalue weighted by Crippen LogP contribution is -2.40. The fourth-order valence-corrected chi connectivity index (χ4v) is 3.96. The Bertz CT molecular complexity index is 819. The van der Waals surface area contributed by atoms with Gasteiger partial charge in [0, 0.05) is 28.5 Å².